The Hall–Kier alpha value is -1.35. The molecule has 0 unspecified atom stereocenters. The minimum absolute atomic E-state index is 0.0472. The van der Waals surface area contributed by atoms with Gasteiger partial charge in [-0.1, -0.05) is 19.4 Å². The Kier molecular flexibility index (Phi) is 4.99. The highest BCUT2D eigenvalue weighted by atomic mass is 16.5. The van der Waals surface area contributed by atoms with E-state index < -0.39 is 0 Å². The summed E-state index contributed by atoms with van der Waals surface area (Å²) in [6, 6.07) is 3.89. The number of ether oxygens (including phenoxy) is 1. The Morgan fingerprint density at radius 3 is 2.75 bits per heavy atom. The molecule has 16 heavy (non-hydrogen) atoms. The van der Waals surface area contributed by atoms with Gasteiger partial charge >= 0.3 is 0 Å². The molecule has 1 rings (SSSR count). The van der Waals surface area contributed by atoms with Gasteiger partial charge in [0.15, 0.2) is 6.29 Å². The largest absolute Gasteiger partial charge is 0.490 e. The average molecular weight is 222 g/mol. The van der Waals surface area contributed by atoms with Crippen molar-refractivity contribution in [1.82, 2.24) is 0 Å². The lowest BCUT2D eigenvalue weighted by molar-refractivity contribution is 0.111. The highest BCUT2D eigenvalue weighted by molar-refractivity contribution is 5.80. The van der Waals surface area contributed by atoms with Crippen LogP contribution in [0.15, 0.2) is 12.1 Å². The molecule has 0 fully saturated rings. The van der Waals surface area contributed by atoms with E-state index in [2.05, 4.69) is 6.92 Å². The molecule has 3 heteroatoms. The van der Waals surface area contributed by atoms with E-state index in [1.54, 1.807) is 0 Å². The molecule has 0 amide bonds. The first-order chi connectivity index (χ1) is 7.72. The van der Waals surface area contributed by atoms with Crippen molar-refractivity contribution in [1.29, 1.82) is 0 Å². The van der Waals surface area contributed by atoms with Crippen molar-refractivity contribution < 1.29 is 14.6 Å². The van der Waals surface area contributed by atoms with Gasteiger partial charge in [0.25, 0.3) is 0 Å². The van der Waals surface area contributed by atoms with Crippen LogP contribution in [0, 0.1) is 6.92 Å². The Labute approximate surface area is 96.1 Å². The van der Waals surface area contributed by atoms with Crippen LogP contribution in [0.1, 0.15) is 34.8 Å². The van der Waals surface area contributed by atoms with E-state index >= 15 is 0 Å². The molecule has 0 radical (unpaired) electrons. The fourth-order valence-corrected chi connectivity index (χ4v) is 1.74. The molecular weight excluding hydrogens is 204 g/mol. The second kappa shape index (κ2) is 6.28. The van der Waals surface area contributed by atoms with Crippen molar-refractivity contribution in [3.05, 3.63) is 28.8 Å². The molecule has 0 aliphatic carbocycles. The maximum Gasteiger partial charge on any atom is 0.153 e. The normalized spacial score (nSPS) is 10.2. The van der Waals surface area contributed by atoms with E-state index in [1.807, 2.05) is 19.1 Å². The number of hydrogen-bond acceptors (Lipinski definition) is 3. The molecule has 0 aromatic heterocycles. The molecule has 1 aromatic carbocycles. The summed E-state index contributed by atoms with van der Waals surface area (Å²) in [5, 5.41) is 8.71. The van der Waals surface area contributed by atoms with Crippen LogP contribution in [0.25, 0.3) is 0 Å². The van der Waals surface area contributed by atoms with E-state index in [0.29, 0.717) is 11.3 Å². The Balaban J connectivity index is 3.02. The predicted octanol–water partition coefficient (Wildman–Crippen LogP) is 2.13. The number of aryl methyl sites for hydroxylation is 2. The molecule has 0 spiro atoms. The van der Waals surface area contributed by atoms with Gasteiger partial charge in [-0.2, -0.15) is 0 Å². The number of hydrogen-bond donors (Lipinski definition) is 1. The lowest BCUT2D eigenvalue weighted by Gasteiger charge is -2.12. The molecule has 88 valence electrons. The number of rotatable bonds is 6. The van der Waals surface area contributed by atoms with Crippen LogP contribution in [0.2, 0.25) is 0 Å². The standard InChI is InChI=1S/C13H18O3/c1-3-4-11-7-10(2)13(16-6-5-14)12(8-11)9-15/h7-9,14H,3-6H2,1-2H3. The summed E-state index contributed by atoms with van der Waals surface area (Å²) < 4.78 is 5.36. The van der Waals surface area contributed by atoms with Crippen LogP contribution in [0.4, 0.5) is 0 Å². The van der Waals surface area contributed by atoms with Gasteiger partial charge in [-0.3, -0.25) is 4.79 Å². The van der Waals surface area contributed by atoms with E-state index in [1.165, 1.54) is 0 Å². The van der Waals surface area contributed by atoms with Crippen LogP contribution in [-0.2, 0) is 6.42 Å². The first kappa shape index (κ1) is 12.7. The van der Waals surface area contributed by atoms with Crippen molar-refractivity contribution in [2.24, 2.45) is 0 Å². The fraction of sp³-hybridized carbons (Fsp3) is 0.462. The lowest BCUT2D eigenvalue weighted by atomic mass is 10.0. The topological polar surface area (TPSA) is 46.5 Å². The van der Waals surface area contributed by atoms with Gasteiger partial charge in [0.2, 0.25) is 0 Å². The summed E-state index contributed by atoms with van der Waals surface area (Å²) in [7, 11) is 0. The SMILES string of the molecule is CCCc1cc(C)c(OCCO)c(C=O)c1. The molecule has 0 atom stereocenters. The Morgan fingerprint density at radius 1 is 1.44 bits per heavy atom. The summed E-state index contributed by atoms with van der Waals surface area (Å²) >= 11 is 0. The van der Waals surface area contributed by atoms with Crippen molar-refractivity contribution in [3.8, 4) is 5.75 Å². The monoisotopic (exact) mass is 222 g/mol. The third-order valence-corrected chi connectivity index (χ3v) is 2.37. The summed E-state index contributed by atoms with van der Waals surface area (Å²) in [6.07, 6.45) is 2.81. The average Bonchev–Trinajstić information content (AvgIpc) is 2.27. The number of aldehydes is 1. The first-order valence-electron chi connectivity index (χ1n) is 5.55. The second-order valence-corrected chi connectivity index (χ2v) is 3.77. The van der Waals surface area contributed by atoms with Crippen molar-refractivity contribution >= 4 is 6.29 Å². The third kappa shape index (κ3) is 3.07. The molecule has 0 aliphatic heterocycles. The van der Waals surface area contributed by atoms with E-state index in [-0.39, 0.29) is 13.2 Å². The minimum Gasteiger partial charge on any atom is -0.490 e. The summed E-state index contributed by atoms with van der Waals surface area (Å²) in [4.78, 5) is 11.0. The number of carbonyl (C=O) groups is 1. The van der Waals surface area contributed by atoms with E-state index in [0.717, 1.165) is 30.3 Å². The summed E-state index contributed by atoms with van der Waals surface area (Å²) in [5.41, 5.74) is 2.66. The number of carbonyl (C=O) groups excluding carboxylic acids is 1. The molecule has 1 aromatic rings. The summed E-state index contributed by atoms with van der Waals surface area (Å²) in [5.74, 6) is 0.587. The molecule has 0 bridgehead atoms. The number of benzene rings is 1. The Morgan fingerprint density at radius 2 is 2.19 bits per heavy atom. The predicted molar refractivity (Wildman–Crippen MR) is 63.1 cm³/mol. The van der Waals surface area contributed by atoms with Crippen molar-refractivity contribution in [2.45, 2.75) is 26.7 Å². The van der Waals surface area contributed by atoms with Crippen molar-refractivity contribution in [3.63, 3.8) is 0 Å². The van der Waals surface area contributed by atoms with Gasteiger partial charge < -0.3 is 9.84 Å². The first-order valence-corrected chi connectivity index (χ1v) is 5.55. The molecular formula is C13H18O3. The quantitative estimate of drug-likeness (QED) is 0.750. The van der Waals surface area contributed by atoms with Crippen LogP contribution in [0.3, 0.4) is 0 Å². The number of aliphatic hydroxyl groups is 1. The van der Waals surface area contributed by atoms with Gasteiger partial charge in [-0.25, -0.2) is 0 Å². The smallest absolute Gasteiger partial charge is 0.153 e. The van der Waals surface area contributed by atoms with E-state index in [9.17, 15) is 4.79 Å². The molecule has 3 nitrogen and oxygen atoms in total. The maximum absolute atomic E-state index is 11.0. The second-order valence-electron chi connectivity index (χ2n) is 3.77. The minimum atomic E-state index is -0.0472. The van der Waals surface area contributed by atoms with Gasteiger partial charge in [-0.15, -0.1) is 0 Å². The van der Waals surface area contributed by atoms with E-state index in [4.69, 9.17) is 9.84 Å². The van der Waals surface area contributed by atoms with Crippen LogP contribution >= 0.6 is 0 Å². The highest BCUT2D eigenvalue weighted by Gasteiger charge is 2.08. The maximum atomic E-state index is 11.0. The lowest BCUT2D eigenvalue weighted by Crippen LogP contribution is -2.06. The van der Waals surface area contributed by atoms with Crippen LogP contribution in [-0.4, -0.2) is 24.6 Å². The highest BCUT2D eigenvalue weighted by Crippen LogP contribution is 2.24. The van der Waals surface area contributed by atoms with Gasteiger partial charge in [0.05, 0.1) is 12.2 Å². The Bertz CT molecular complexity index is 358. The zero-order valence-electron chi connectivity index (χ0n) is 9.82. The van der Waals surface area contributed by atoms with Gasteiger partial charge in [0, 0.05) is 0 Å². The molecule has 0 heterocycles. The van der Waals surface area contributed by atoms with Crippen molar-refractivity contribution in [2.75, 3.05) is 13.2 Å². The molecule has 1 N–H and O–H groups in total. The molecule has 0 aliphatic rings. The zero-order valence-corrected chi connectivity index (χ0v) is 9.82. The number of aliphatic hydroxyl groups excluding tert-OH is 1. The fourth-order valence-electron chi connectivity index (χ4n) is 1.74. The summed E-state index contributed by atoms with van der Waals surface area (Å²) in [6.45, 7) is 4.19. The molecule has 0 saturated heterocycles. The van der Waals surface area contributed by atoms with Crippen LogP contribution < -0.4 is 4.74 Å². The van der Waals surface area contributed by atoms with Crippen LogP contribution in [0.5, 0.6) is 5.75 Å². The third-order valence-electron chi connectivity index (χ3n) is 2.37. The van der Waals surface area contributed by atoms with Gasteiger partial charge in [-0.05, 0) is 30.5 Å². The van der Waals surface area contributed by atoms with Gasteiger partial charge in [0.1, 0.15) is 12.4 Å². The zero-order chi connectivity index (χ0) is 12.0. The molecule has 0 saturated carbocycles.